The molecule has 4 heteroatoms. The zero-order valence-corrected chi connectivity index (χ0v) is 11.9. The lowest BCUT2D eigenvalue weighted by Crippen LogP contribution is -2.17. The van der Waals surface area contributed by atoms with Crippen LogP contribution in [0.1, 0.15) is 68.3 Å². The van der Waals surface area contributed by atoms with E-state index in [2.05, 4.69) is 20.8 Å². The normalized spacial score (nSPS) is 23.0. The minimum absolute atomic E-state index is 0.0519. The Balaban J connectivity index is 2.37. The van der Waals surface area contributed by atoms with Gasteiger partial charge >= 0.3 is 0 Å². The maximum absolute atomic E-state index is 6.05. The van der Waals surface area contributed by atoms with E-state index >= 15 is 0 Å². The number of nitrogens with two attached hydrogens (primary N) is 1. The molecule has 1 aliphatic heterocycles. The van der Waals surface area contributed by atoms with E-state index in [-0.39, 0.29) is 17.6 Å². The van der Waals surface area contributed by atoms with Gasteiger partial charge in [0.25, 0.3) is 0 Å². The third-order valence-corrected chi connectivity index (χ3v) is 4.35. The van der Waals surface area contributed by atoms with Crippen molar-refractivity contribution in [3.8, 4) is 0 Å². The van der Waals surface area contributed by atoms with Gasteiger partial charge in [0.15, 0.2) is 0 Å². The molecule has 2 N–H and O–H groups in total. The molecule has 0 amide bonds. The Morgan fingerprint density at radius 2 is 2.18 bits per heavy atom. The average Bonchev–Trinajstić information content (AvgIpc) is 2.85. The van der Waals surface area contributed by atoms with Crippen LogP contribution >= 0.6 is 11.3 Å². The highest BCUT2D eigenvalue weighted by molar-refractivity contribution is 7.11. The molecule has 96 valence electrons. The van der Waals surface area contributed by atoms with E-state index in [1.807, 2.05) is 6.92 Å². The summed E-state index contributed by atoms with van der Waals surface area (Å²) in [6, 6.07) is 0.0527. The first kappa shape index (κ1) is 13.0. The van der Waals surface area contributed by atoms with Gasteiger partial charge in [-0.05, 0) is 19.8 Å². The van der Waals surface area contributed by atoms with Crippen molar-refractivity contribution in [2.24, 2.45) is 5.73 Å². The lowest BCUT2D eigenvalue weighted by atomic mass is 9.90. The monoisotopic (exact) mass is 254 g/mol. The van der Waals surface area contributed by atoms with Crippen LogP contribution in [0, 0.1) is 0 Å². The van der Waals surface area contributed by atoms with Gasteiger partial charge in [-0.25, -0.2) is 4.98 Å². The fraction of sp³-hybridized carbons (Fsp3) is 0.769. The number of hydrogen-bond donors (Lipinski definition) is 1. The van der Waals surface area contributed by atoms with Gasteiger partial charge in [0.05, 0.1) is 5.69 Å². The van der Waals surface area contributed by atoms with E-state index < -0.39 is 0 Å². The maximum atomic E-state index is 6.05. The summed E-state index contributed by atoms with van der Waals surface area (Å²) in [4.78, 5) is 6.01. The molecule has 0 spiro atoms. The van der Waals surface area contributed by atoms with Gasteiger partial charge in [-0.1, -0.05) is 20.8 Å². The average molecular weight is 254 g/mol. The number of ether oxygens (including phenoxy) is 1. The van der Waals surface area contributed by atoms with Crippen molar-refractivity contribution in [2.75, 3.05) is 6.61 Å². The molecular formula is C13H22N2OS. The van der Waals surface area contributed by atoms with Crippen LogP contribution in [0.2, 0.25) is 0 Å². The molecule has 17 heavy (non-hydrogen) atoms. The quantitative estimate of drug-likeness (QED) is 0.880. The Bertz CT molecular complexity index is 387. The van der Waals surface area contributed by atoms with Crippen molar-refractivity contribution in [1.82, 2.24) is 4.98 Å². The summed E-state index contributed by atoms with van der Waals surface area (Å²) in [5.74, 6) is 0. The molecule has 1 saturated heterocycles. The summed E-state index contributed by atoms with van der Waals surface area (Å²) in [5.41, 5.74) is 7.25. The molecule has 2 rings (SSSR count). The molecule has 0 saturated carbocycles. The molecule has 0 aliphatic carbocycles. The van der Waals surface area contributed by atoms with E-state index in [4.69, 9.17) is 15.5 Å². The Kier molecular flexibility index (Phi) is 3.57. The summed E-state index contributed by atoms with van der Waals surface area (Å²) < 4.78 is 5.71. The second kappa shape index (κ2) is 4.67. The van der Waals surface area contributed by atoms with Crippen molar-refractivity contribution in [3.05, 3.63) is 15.6 Å². The van der Waals surface area contributed by atoms with Gasteiger partial charge in [-0.2, -0.15) is 0 Å². The molecule has 0 aromatic carbocycles. The van der Waals surface area contributed by atoms with Gasteiger partial charge in [-0.3, -0.25) is 0 Å². The van der Waals surface area contributed by atoms with Crippen molar-refractivity contribution in [3.63, 3.8) is 0 Å². The van der Waals surface area contributed by atoms with Crippen LogP contribution in [-0.4, -0.2) is 11.6 Å². The van der Waals surface area contributed by atoms with Crippen LogP contribution in [0.4, 0.5) is 0 Å². The number of thiazole rings is 1. The summed E-state index contributed by atoms with van der Waals surface area (Å²) in [5, 5.41) is 1.11. The van der Waals surface area contributed by atoms with Gasteiger partial charge in [0.2, 0.25) is 0 Å². The fourth-order valence-corrected chi connectivity index (χ4v) is 3.42. The SMILES string of the molecule is CC(N)c1sc(C2CCCO2)nc1C(C)(C)C. The van der Waals surface area contributed by atoms with Gasteiger partial charge in [-0.15, -0.1) is 11.3 Å². The molecular weight excluding hydrogens is 232 g/mol. The lowest BCUT2D eigenvalue weighted by Gasteiger charge is -2.18. The molecule has 2 heterocycles. The molecule has 0 bridgehead atoms. The molecule has 1 aromatic rings. The summed E-state index contributed by atoms with van der Waals surface area (Å²) >= 11 is 1.73. The zero-order chi connectivity index (χ0) is 12.6. The van der Waals surface area contributed by atoms with E-state index in [1.165, 1.54) is 4.88 Å². The number of hydrogen-bond acceptors (Lipinski definition) is 4. The second-order valence-corrected chi connectivity index (χ2v) is 6.87. The van der Waals surface area contributed by atoms with E-state index in [0.717, 1.165) is 30.2 Å². The van der Waals surface area contributed by atoms with Crippen LogP contribution in [0.15, 0.2) is 0 Å². The minimum Gasteiger partial charge on any atom is -0.371 e. The highest BCUT2D eigenvalue weighted by atomic mass is 32.1. The first-order chi connectivity index (χ1) is 7.89. The summed E-state index contributed by atoms with van der Waals surface area (Å²) in [6.45, 7) is 9.46. The second-order valence-electron chi connectivity index (χ2n) is 5.81. The van der Waals surface area contributed by atoms with Gasteiger partial charge in [0.1, 0.15) is 11.1 Å². The van der Waals surface area contributed by atoms with Crippen LogP contribution in [0.5, 0.6) is 0 Å². The summed E-state index contributed by atoms with van der Waals surface area (Å²) in [6.07, 6.45) is 2.44. The van der Waals surface area contributed by atoms with Crippen molar-refractivity contribution in [2.45, 2.75) is 58.1 Å². The topological polar surface area (TPSA) is 48.1 Å². The largest absolute Gasteiger partial charge is 0.371 e. The lowest BCUT2D eigenvalue weighted by molar-refractivity contribution is 0.111. The Hall–Kier alpha value is -0.450. The number of nitrogens with zero attached hydrogens (tertiary/aromatic N) is 1. The van der Waals surface area contributed by atoms with Crippen molar-refractivity contribution in [1.29, 1.82) is 0 Å². The first-order valence-electron chi connectivity index (χ1n) is 6.28. The highest BCUT2D eigenvalue weighted by Crippen LogP contribution is 2.38. The van der Waals surface area contributed by atoms with E-state index in [1.54, 1.807) is 11.3 Å². The predicted molar refractivity (Wildman–Crippen MR) is 71.3 cm³/mol. The van der Waals surface area contributed by atoms with E-state index in [9.17, 15) is 0 Å². The Morgan fingerprint density at radius 1 is 1.47 bits per heavy atom. The summed E-state index contributed by atoms with van der Waals surface area (Å²) in [7, 11) is 0. The molecule has 1 aromatic heterocycles. The van der Waals surface area contributed by atoms with Crippen LogP contribution < -0.4 is 5.73 Å². The maximum Gasteiger partial charge on any atom is 0.122 e. The third kappa shape index (κ3) is 2.69. The Labute approximate surface area is 107 Å². The standard InChI is InChI=1S/C13H22N2OS/c1-8(14)10-11(13(2,3)4)15-12(17-10)9-6-5-7-16-9/h8-9H,5-7,14H2,1-4H3. The zero-order valence-electron chi connectivity index (χ0n) is 11.1. The Morgan fingerprint density at radius 3 is 2.59 bits per heavy atom. The fourth-order valence-electron chi connectivity index (χ4n) is 2.11. The van der Waals surface area contributed by atoms with Crippen molar-refractivity contribution >= 4 is 11.3 Å². The first-order valence-corrected chi connectivity index (χ1v) is 7.09. The molecule has 3 nitrogen and oxygen atoms in total. The van der Waals surface area contributed by atoms with Crippen LogP contribution in [0.3, 0.4) is 0 Å². The number of rotatable bonds is 2. The van der Waals surface area contributed by atoms with Crippen LogP contribution in [0.25, 0.3) is 0 Å². The molecule has 2 atom stereocenters. The van der Waals surface area contributed by atoms with Crippen LogP contribution in [-0.2, 0) is 10.2 Å². The highest BCUT2D eigenvalue weighted by Gasteiger charge is 2.29. The molecule has 1 fully saturated rings. The molecule has 2 unspecified atom stereocenters. The number of aromatic nitrogens is 1. The smallest absolute Gasteiger partial charge is 0.122 e. The minimum atomic E-state index is 0.0519. The van der Waals surface area contributed by atoms with E-state index in [0.29, 0.717) is 0 Å². The molecule has 1 aliphatic rings. The van der Waals surface area contributed by atoms with Gasteiger partial charge in [0, 0.05) is 22.9 Å². The third-order valence-electron chi connectivity index (χ3n) is 3.00. The van der Waals surface area contributed by atoms with Crippen molar-refractivity contribution < 1.29 is 4.74 Å². The van der Waals surface area contributed by atoms with Gasteiger partial charge < -0.3 is 10.5 Å². The molecule has 0 radical (unpaired) electrons. The predicted octanol–water partition coefficient (Wildman–Crippen LogP) is 3.31.